The van der Waals surface area contributed by atoms with Crippen molar-refractivity contribution in [3.8, 4) is 0 Å². The minimum atomic E-state index is 0.113. The Morgan fingerprint density at radius 2 is 1.83 bits per heavy atom. The van der Waals surface area contributed by atoms with E-state index in [1.165, 1.54) is 0 Å². The molecule has 1 aromatic carbocycles. The van der Waals surface area contributed by atoms with Crippen LogP contribution < -0.4 is 4.90 Å². The number of aromatic nitrogens is 2. The average molecular weight is 329 g/mol. The zero-order valence-electron chi connectivity index (χ0n) is 14.2. The van der Waals surface area contributed by atoms with Gasteiger partial charge in [0.1, 0.15) is 0 Å². The molecule has 0 N–H and O–H groups in total. The van der Waals surface area contributed by atoms with Crippen molar-refractivity contribution in [2.45, 2.75) is 13.5 Å². The van der Waals surface area contributed by atoms with E-state index < -0.39 is 0 Å². The smallest absolute Gasteiger partial charge is 0.240 e. The Kier molecular flexibility index (Phi) is 5.22. The van der Waals surface area contributed by atoms with Crippen molar-refractivity contribution >= 4 is 11.6 Å². The average Bonchev–Trinajstić information content (AvgIpc) is 3.01. The van der Waals surface area contributed by atoms with Crippen LogP contribution in [0.5, 0.6) is 0 Å². The summed E-state index contributed by atoms with van der Waals surface area (Å²) in [5, 5.41) is 3.81. The van der Waals surface area contributed by atoms with E-state index >= 15 is 0 Å². The molecule has 24 heavy (non-hydrogen) atoms. The molecule has 0 radical (unpaired) electrons. The van der Waals surface area contributed by atoms with E-state index in [0.717, 1.165) is 31.9 Å². The van der Waals surface area contributed by atoms with Crippen molar-refractivity contribution in [2.75, 3.05) is 44.7 Å². The number of carbonyl (C=O) groups is 1. The summed E-state index contributed by atoms with van der Waals surface area (Å²) in [6.07, 6.45) is 0. The number of rotatable bonds is 5. The molecule has 1 aromatic heterocycles. The van der Waals surface area contributed by atoms with Crippen LogP contribution in [0.2, 0.25) is 0 Å². The molecule has 0 aliphatic carbocycles. The van der Waals surface area contributed by atoms with E-state index in [-0.39, 0.29) is 5.91 Å². The fraction of sp³-hybridized carbons (Fsp3) is 0.471. The molecule has 0 atom stereocenters. The Hall–Kier alpha value is -2.25. The van der Waals surface area contributed by atoms with E-state index in [1.54, 1.807) is 4.90 Å². The topological polar surface area (TPSA) is 65.7 Å². The first kappa shape index (κ1) is 16.6. The van der Waals surface area contributed by atoms with Gasteiger partial charge in [0.15, 0.2) is 5.82 Å². The second-order valence-corrected chi connectivity index (χ2v) is 6.08. The van der Waals surface area contributed by atoms with Crippen LogP contribution in [0.1, 0.15) is 11.7 Å². The van der Waals surface area contributed by atoms with Crippen molar-refractivity contribution in [3.05, 3.63) is 42.0 Å². The van der Waals surface area contributed by atoms with Crippen LogP contribution in [-0.4, -0.2) is 65.6 Å². The largest absolute Gasteiger partial charge is 0.338 e. The second-order valence-electron chi connectivity index (χ2n) is 6.08. The lowest BCUT2D eigenvalue weighted by atomic mass is 10.2. The molecule has 1 amide bonds. The summed E-state index contributed by atoms with van der Waals surface area (Å²) in [5.74, 6) is 1.43. The highest BCUT2D eigenvalue weighted by atomic mass is 16.5. The quantitative estimate of drug-likeness (QED) is 0.820. The van der Waals surface area contributed by atoms with E-state index in [0.29, 0.717) is 24.8 Å². The molecule has 0 spiro atoms. The Bertz CT molecular complexity index is 665. The van der Waals surface area contributed by atoms with Crippen LogP contribution in [0.25, 0.3) is 0 Å². The zero-order chi connectivity index (χ0) is 16.9. The third-order valence-corrected chi connectivity index (χ3v) is 4.27. The number of benzene rings is 1. The summed E-state index contributed by atoms with van der Waals surface area (Å²) < 4.78 is 5.16. The molecule has 0 unspecified atom stereocenters. The van der Waals surface area contributed by atoms with Gasteiger partial charge in [0, 0.05) is 38.9 Å². The molecule has 3 rings (SSSR count). The number of nitrogens with zero attached hydrogens (tertiary/aromatic N) is 5. The van der Waals surface area contributed by atoms with E-state index in [1.807, 2.05) is 44.3 Å². The lowest BCUT2D eigenvalue weighted by Crippen LogP contribution is -2.49. The number of piperazine rings is 1. The Balaban J connectivity index is 1.46. The highest BCUT2D eigenvalue weighted by molar-refractivity contribution is 5.94. The lowest BCUT2D eigenvalue weighted by molar-refractivity contribution is -0.119. The predicted octanol–water partition coefficient (Wildman–Crippen LogP) is 1.16. The molecule has 0 bridgehead atoms. The molecule has 1 aliphatic rings. The maximum absolute atomic E-state index is 12.4. The first-order valence-corrected chi connectivity index (χ1v) is 8.17. The molecule has 1 fully saturated rings. The third kappa shape index (κ3) is 4.18. The number of para-hydroxylation sites is 1. The fourth-order valence-electron chi connectivity index (χ4n) is 2.79. The first-order chi connectivity index (χ1) is 11.6. The van der Waals surface area contributed by atoms with Gasteiger partial charge in [-0.2, -0.15) is 4.98 Å². The Labute approximate surface area is 141 Å². The zero-order valence-corrected chi connectivity index (χ0v) is 14.2. The monoisotopic (exact) mass is 329 g/mol. The lowest BCUT2D eigenvalue weighted by Gasteiger charge is -2.34. The third-order valence-electron chi connectivity index (χ3n) is 4.27. The minimum absolute atomic E-state index is 0.113. The Morgan fingerprint density at radius 3 is 2.46 bits per heavy atom. The van der Waals surface area contributed by atoms with Crippen LogP contribution in [0.3, 0.4) is 0 Å². The summed E-state index contributed by atoms with van der Waals surface area (Å²) in [7, 11) is 1.83. The maximum atomic E-state index is 12.4. The molecule has 7 heteroatoms. The number of likely N-dealkylation sites (N-methyl/N-ethyl adjacent to an activating group) is 1. The summed E-state index contributed by atoms with van der Waals surface area (Å²) in [4.78, 5) is 22.8. The summed E-state index contributed by atoms with van der Waals surface area (Å²) in [5.41, 5.74) is 0.924. The second kappa shape index (κ2) is 7.55. The Morgan fingerprint density at radius 1 is 1.17 bits per heavy atom. The van der Waals surface area contributed by atoms with Crippen molar-refractivity contribution in [3.63, 3.8) is 0 Å². The van der Waals surface area contributed by atoms with Crippen LogP contribution in [0, 0.1) is 6.92 Å². The molecule has 1 saturated heterocycles. The summed E-state index contributed by atoms with van der Waals surface area (Å²) in [6.45, 7) is 6.45. The molecule has 7 nitrogen and oxygen atoms in total. The number of hydrogen-bond donors (Lipinski definition) is 0. The van der Waals surface area contributed by atoms with Gasteiger partial charge < -0.3 is 9.42 Å². The van der Waals surface area contributed by atoms with Gasteiger partial charge in [0.05, 0.1) is 13.1 Å². The summed E-state index contributed by atoms with van der Waals surface area (Å²) in [6, 6.07) is 9.73. The molecule has 2 heterocycles. The normalized spacial score (nSPS) is 16.2. The number of hydrogen-bond acceptors (Lipinski definition) is 6. The highest BCUT2D eigenvalue weighted by Gasteiger charge is 2.22. The number of amides is 1. The van der Waals surface area contributed by atoms with Crippen molar-refractivity contribution in [1.29, 1.82) is 0 Å². The minimum Gasteiger partial charge on any atom is -0.338 e. The maximum Gasteiger partial charge on any atom is 0.240 e. The van der Waals surface area contributed by atoms with Crippen LogP contribution in [0.15, 0.2) is 34.9 Å². The first-order valence-electron chi connectivity index (χ1n) is 8.17. The summed E-state index contributed by atoms with van der Waals surface area (Å²) >= 11 is 0. The van der Waals surface area contributed by atoms with E-state index in [9.17, 15) is 4.79 Å². The number of anilines is 1. The predicted molar refractivity (Wildman–Crippen MR) is 90.6 cm³/mol. The fourth-order valence-corrected chi connectivity index (χ4v) is 2.79. The van der Waals surface area contributed by atoms with Gasteiger partial charge in [-0.05, 0) is 19.1 Å². The molecule has 1 aliphatic heterocycles. The standard InChI is InChI=1S/C17H23N5O2/c1-14-18-16(24-19-14)12-21-8-10-22(11-9-21)13-17(23)20(2)15-6-4-3-5-7-15/h3-7H,8-13H2,1-2H3. The van der Waals surface area contributed by atoms with Gasteiger partial charge in [0.2, 0.25) is 11.8 Å². The van der Waals surface area contributed by atoms with Gasteiger partial charge in [-0.15, -0.1) is 0 Å². The molecule has 0 saturated carbocycles. The highest BCUT2D eigenvalue weighted by Crippen LogP contribution is 2.12. The van der Waals surface area contributed by atoms with Crippen molar-refractivity contribution in [2.24, 2.45) is 0 Å². The van der Waals surface area contributed by atoms with Gasteiger partial charge in [-0.3, -0.25) is 14.6 Å². The van der Waals surface area contributed by atoms with E-state index in [4.69, 9.17) is 4.52 Å². The van der Waals surface area contributed by atoms with Gasteiger partial charge in [-0.25, -0.2) is 0 Å². The van der Waals surface area contributed by atoms with Gasteiger partial charge >= 0.3 is 0 Å². The molecule has 128 valence electrons. The van der Waals surface area contributed by atoms with E-state index in [2.05, 4.69) is 19.9 Å². The number of carbonyl (C=O) groups excluding carboxylic acids is 1. The molecular weight excluding hydrogens is 306 g/mol. The van der Waals surface area contributed by atoms with Crippen molar-refractivity contribution < 1.29 is 9.32 Å². The molecule has 2 aromatic rings. The van der Waals surface area contributed by atoms with Crippen LogP contribution in [0.4, 0.5) is 5.69 Å². The number of aryl methyl sites for hydroxylation is 1. The van der Waals surface area contributed by atoms with Gasteiger partial charge in [0.25, 0.3) is 0 Å². The SMILES string of the molecule is Cc1noc(CN2CCN(CC(=O)N(C)c3ccccc3)CC2)n1. The van der Waals surface area contributed by atoms with Gasteiger partial charge in [-0.1, -0.05) is 23.4 Å². The van der Waals surface area contributed by atoms with Crippen molar-refractivity contribution in [1.82, 2.24) is 19.9 Å². The van der Waals surface area contributed by atoms with Crippen LogP contribution >= 0.6 is 0 Å². The van der Waals surface area contributed by atoms with Crippen LogP contribution in [-0.2, 0) is 11.3 Å². The molecular formula is C17H23N5O2.